The van der Waals surface area contributed by atoms with Crippen molar-refractivity contribution in [3.8, 4) is 0 Å². The van der Waals surface area contributed by atoms with Crippen molar-refractivity contribution in [1.29, 1.82) is 0 Å². The molecule has 9 N–H and O–H groups in total. The Morgan fingerprint density at radius 2 is 1.13 bits per heavy atom. The van der Waals surface area contributed by atoms with Gasteiger partial charge in [-0.05, 0) is 158 Å². The average Bonchev–Trinajstić information content (AvgIpc) is 4.13. The van der Waals surface area contributed by atoms with Crippen LogP contribution in [0.3, 0.4) is 0 Å². The van der Waals surface area contributed by atoms with Crippen LogP contribution in [-0.2, 0) is 61.1 Å². The second-order valence-electron chi connectivity index (χ2n) is 18.9. The molecule has 70 heavy (non-hydrogen) atoms. The Balaban J connectivity index is 0.000000316. The summed E-state index contributed by atoms with van der Waals surface area (Å²) in [6.45, 7) is 7.66. The smallest absolute Gasteiger partial charge is 0.245 e. The van der Waals surface area contributed by atoms with Crippen LogP contribution in [0.5, 0.6) is 0 Å². The summed E-state index contributed by atoms with van der Waals surface area (Å²) < 4.78 is 0. The molecule has 16 heteroatoms. The summed E-state index contributed by atoms with van der Waals surface area (Å²) >= 11 is 0. The maximum atomic E-state index is 13.3. The maximum absolute atomic E-state index is 13.3. The fourth-order valence-corrected chi connectivity index (χ4v) is 9.47. The molecule has 16 nitrogen and oxygen atoms in total. The molecule has 0 spiro atoms. The van der Waals surface area contributed by atoms with Crippen molar-refractivity contribution >= 4 is 35.9 Å². The highest BCUT2D eigenvalue weighted by atomic mass is 16.2. The highest BCUT2D eigenvalue weighted by molar-refractivity contribution is 5.93. The van der Waals surface area contributed by atoms with Crippen molar-refractivity contribution in [3.63, 3.8) is 0 Å². The van der Waals surface area contributed by atoms with Crippen LogP contribution < -0.4 is 43.0 Å². The van der Waals surface area contributed by atoms with Crippen molar-refractivity contribution < 1.29 is 28.8 Å². The predicted octanol–water partition coefficient (Wildman–Crippen LogP) is 3.31. The molecule has 2 aliphatic carbocycles. The third-order valence-electron chi connectivity index (χ3n) is 14.0. The Bertz CT molecular complexity index is 2110. The van der Waals surface area contributed by atoms with Crippen LogP contribution in [0, 0.1) is 0 Å². The lowest BCUT2D eigenvalue weighted by Gasteiger charge is -2.28. The van der Waals surface area contributed by atoms with Crippen LogP contribution in [0.25, 0.3) is 0 Å². The third kappa shape index (κ3) is 17.0. The average molecular weight is 965 g/mol. The molecule has 7 rings (SSSR count). The lowest BCUT2D eigenvalue weighted by molar-refractivity contribution is -0.140. The van der Waals surface area contributed by atoms with Gasteiger partial charge >= 0.3 is 0 Å². The van der Waals surface area contributed by atoms with E-state index in [2.05, 4.69) is 79.7 Å². The van der Waals surface area contributed by atoms with Gasteiger partial charge in [-0.1, -0.05) is 72.8 Å². The van der Waals surface area contributed by atoms with Crippen LogP contribution >= 0.6 is 0 Å². The fraction of sp³-hybridized carbons (Fsp3) is 0.556. The monoisotopic (exact) mass is 965 g/mol. The Labute approximate surface area is 415 Å². The summed E-state index contributed by atoms with van der Waals surface area (Å²) in [4.78, 5) is 77.1. The van der Waals surface area contributed by atoms with Crippen molar-refractivity contribution in [2.75, 3.05) is 46.8 Å². The lowest BCUT2D eigenvalue weighted by atomic mass is 9.88. The van der Waals surface area contributed by atoms with Crippen molar-refractivity contribution in [1.82, 2.24) is 47.0 Å². The van der Waals surface area contributed by atoms with E-state index in [1.54, 1.807) is 39.1 Å². The number of carbonyl (C=O) groups is 6. The molecule has 0 bridgehead atoms. The van der Waals surface area contributed by atoms with Crippen LogP contribution in [0.1, 0.15) is 117 Å². The van der Waals surface area contributed by atoms with Gasteiger partial charge in [-0.3, -0.25) is 28.8 Å². The molecular weight excluding hydrogens is 885 g/mol. The van der Waals surface area contributed by atoms with Crippen LogP contribution in [-0.4, -0.2) is 123 Å². The lowest BCUT2D eigenvalue weighted by Crippen LogP contribution is -2.55. The van der Waals surface area contributed by atoms with Crippen molar-refractivity contribution in [2.45, 2.75) is 147 Å². The molecule has 2 aliphatic heterocycles. The van der Waals surface area contributed by atoms with Gasteiger partial charge < -0.3 is 52.8 Å². The number of amides is 6. The van der Waals surface area contributed by atoms with E-state index in [1.807, 2.05) is 35.2 Å². The molecule has 4 aliphatic rings. The number of likely N-dealkylation sites (tertiary alicyclic amines) is 2. The minimum atomic E-state index is -0.774. The summed E-state index contributed by atoms with van der Waals surface area (Å²) in [5, 5.41) is 21.2. The van der Waals surface area contributed by atoms with E-state index in [-0.39, 0.29) is 35.7 Å². The van der Waals surface area contributed by atoms with Gasteiger partial charge in [-0.15, -0.1) is 0 Å². The summed E-state index contributed by atoms with van der Waals surface area (Å²) in [5.41, 5.74) is 13.5. The van der Waals surface area contributed by atoms with Gasteiger partial charge in [0.15, 0.2) is 0 Å². The molecule has 2 heterocycles. The van der Waals surface area contributed by atoms with Gasteiger partial charge in [0, 0.05) is 32.7 Å². The molecule has 6 atom stereocenters. The number of benzene rings is 3. The van der Waals surface area contributed by atoms with Crippen molar-refractivity contribution in [2.24, 2.45) is 5.73 Å². The third-order valence-corrected chi connectivity index (χ3v) is 14.0. The molecule has 0 radical (unpaired) electrons. The van der Waals surface area contributed by atoms with E-state index in [9.17, 15) is 28.8 Å². The highest BCUT2D eigenvalue weighted by Gasteiger charge is 2.37. The second kappa shape index (κ2) is 29.5. The topological polar surface area (TPSA) is 219 Å². The van der Waals surface area contributed by atoms with Gasteiger partial charge in [0.2, 0.25) is 35.9 Å². The molecule has 2 saturated heterocycles. The number of hydrogen-bond donors (Lipinski definition) is 8. The Hall–Kier alpha value is -5.68. The number of rotatable bonds is 21. The molecule has 4 unspecified atom stereocenters. The summed E-state index contributed by atoms with van der Waals surface area (Å²) in [6, 6.07) is 22.7. The number of nitrogens with zero attached hydrogens (tertiary/aromatic N) is 2. The van der Waals surface area contributed by atoms with E-state index >= 15 is 0 Å². The fourth-order valence-electron chi connectivity index (χ4n) is 9.47. The number of hydrogen-bond acceptors (Lipinski definition) is 10. The minimum absolute atomic E-state index is 0.0192. The van der Waals surface area contributed by atoms with Gasteiger partial charge in [-0.25, -0.2) is 0 Å². The Morgan fingerprint density at radius 1 is 0.629 bits per heavy atom. The number of nitrogens with one attached hydrogen (secondary N) is 7. The van der Waals surface area contributed by atoms with Crippen molar-refractivity contribution in [3.05, 3.63) is 106 Å². The maximum Gasteiger partial charge on any atom is 0.245 e. The number of primary amides is 1. The Morgan fingerprint density at radius 3 is 1.64 bits per heavy atom. The number of nitrogens with two attached hydrogens (primary N) is 1. The summed E-state index contributed by atoms with van der Waals surface area (Å²) in [5.74, 6) is -1.31. The van der Waals surface area contributed by atoms with E-state index in [0.29, 0.717) is 58.4 Å². The van der Waals surface area contributed by atoms with Crippen LogP contribution in [0.15, 0.2) is 72.8 Å². The van der Waals surface area contributed by atoms with Gasteiger partial charge in [0.25, 0.3) is 0 Å². The predicted molar refractivity (Wildman–Crippen MR) is 274 cm³/mol. The first-order valence-electron chi connectivity index (χ1n) is 25.6. The largest absolute Gasteiger partial charge is 0.368 e. The molecule has 6 amide bonds. The molecule has 0 saturated carbocycles. The quantitative estimate of drug-likeness (QED) is 0.0576. The number of aryl methyl sites for hydroxylation is 3. The summed E-state index contributed by atoms with van der Waals surface area (Å²) in [6.07, 6.45) is 13.6. The first kappa shape index (κ1) is 55.2. The molecule has 0 aromatic heterocycles. The minimum Gasteiger partial charge on any atom is -0.368 e. The van der Waals surface area contributed by atoms with E-state index in [4.69, 9.17) is 5.73 Å². The summed E-state index contributed by atoms with van der Waals surface area (Å²) in [7, 11) is 3.39. The standard InChI is InChI=1S/C33H55N9O5.C11H13NO.C10H12/c1-22(35-3)30(44)39-26(32(46)41-17-5-6-18-41)13-15-37-20-24-9-11-25(12-10-24)21-38-16-14-27(40-31(45)23(2)36-4)33(47)42-19-7-8-28(42)29(34)43;13-8-12-11-7-3-5-9-4-1-2-6-10(9)11;1-2-6-10-8-4-3-7-9(10)5-1/h9-12,22-23,26-28,35-38H,5-8,13-21H2,1-4H3,(H2,34,43)(H,39,44)(H,40,45);1-2,4,6,8,11H,3,5,7H2,(H,12,13);1-2,5-6H,3-4,7-8H2/t22-,23?,26?,27-,28?;;/m0../s1. The normalized spacial score (nSPS) is 18.7. The number of fused-ring (bicyclic) bond motifs is 2. The number of likely N-dealkylation sites (N-methyl/N-ethyl adjacent to an activating group) is 2. The van der Waals surface area contributed by atoms with Crippen LogP contribution in [0.2, 0.25) is 0 Å². The van der Waals surface area contributed by atoms with Gasteiger partial charge in [0.1, 0.15) is 18.1 Å². The molecule has 382 valence electrons. The molecule has 3 aromatic carbocycles. The Kier molecular flexibility index (Phi) is 23.3. The first-order valence-corrected chi connectivity index (χ1v) is 25.6. The first-order chi connectivity index (χ1) is 33.9. The molecular formula is C54H80N10O6. The van der Waals surface area contributed by atoms with Crippen LogP contribution in [0.4, 0.5) is 0 Å². The second-order valence-corrected chi connectivity index (χ2v) is 18.9. The zero-order valence-electron chi connectivity index (χ0n) is 42.0. The number of carbonyl (C=O) groups excluding carboxylic acids is 6. The highest BCUT2D eigenvalue weighted by Crippen LogP contribution is 2.29. The zero-order chi connectivity index (χ0) is 50.3. The molecule has 2 fully saturated rings. The van der Waals surface area contributed by atoms with E-state index in [1.165, 1.54) is 48.1 Å². The van der Waals surface area contributed by atoms with Gasteiger partial charge in [0.05, 0.1) is 18.1 Å². The molecule has 3 aromatic rings. The zero-order valence-corrected chi connectivity index (χ0v) is 42.0. The SMILES string of the molecule is CNC(C)C(=O)N[C@@H](CCNCc1ccc(CNCCC(NC(=O)[C@H](C)NC)C(=O)N2CCCC2)cc1)C(=O)N1CCCC1C(N)=O.O=CNC1CCCc2ccccc21.c1ccc2c(c1)CCCC2. The van der Waals surface area contributed by atoms with E-state index < -0.39 is 30.1 Å². The van der Waals surface area contributed by atoms with E-state index in [0.717, 1.165) is 56.3 Å². The van der Waals surface area contributed by atoms with Gasteiger partial charge in [-0.2, -0.15) is 0 Å².